The molecule has 0 saturated heterocycles. The Morgan fingerprint density at radius 3 is 2.69 bits per heavy atom. The van der Waals surface area contributed by atoms with E-state index in [0.717, 1.165) is 27.9 Å². The Morgan fingerprint density at radius 2 is 1.93 bits per heavy atom. The van der Waals surface area contributed by atoms with E-state index in [-0.39, 0.29) is 0 Å². The number of H-pyrrole nitrogens is 1. The Labute approximate surface area is 170 Å². The van der Waals surface area contributed by atoms with E-state index in [9.17, 15) is 9.59 Å². The average Bonchev–Trinajstić information content (AvgIpc) is 3.39. The minimum absolute atomic E-state index is 0.301. The molecule has 0 bridgehead atoms. The number of thiazole rings is 1. The molecule has 0 spiro atoms. The molecule has 2 aromatic heterocycles. The van der Waals surface area contributed by atoms with Crippen LogP contribution in [-0.4, -0.2) is 35.6 Å². The zero-order valence-corrected chi connectivity index (χ0v) is 16.3. The number of anilines is 1. The number of rotatable bonds is 6. The Kier molecular flexibility index (Phi) is 5.26. The smallest absolute Gasteiger partial charge is 0.355 e. The number of amides is 1. The summed E-state index contributed by atoms with van der Waals surface area (Å²) in [5.41, 5.74) is 2.78. The van der Waals surface area contributed by atoms with Crippen molar-refractivity contribution < 1.29 is 19.1 Å². The summed E-state index contributed by atoms with van der Waals surface area (Å²) in [5.74, 6) is -0.284. The fraction of sp³-hybridized carbons (Fsp3) is 0.0952. The molecule has 4 rings (SSSR count). The Balaban J connectivity index is 1.33. The van der Waals surface area contributed by atoms with Gasteiger partial charge in [0.05, 0.1) is 12.8 Å². The summed E-state index contributed by atoms with van der Waals surface area (Å²) in [4.78, 5) is 31.6. The normalized spacial score (nSPS) is 10.7. The minimum Gasteiger partial charge on any atom is -0.497 e. The van der Waals surface area contributed by atoms with Crippen molar-refractivity contribution in [3.63, 3.8) is 0 Å². The molecule has 7 nitrogen and oxygen atoms in total. The standard InChI is InChI=1S/C21H17N3O4S/c1-27-15-8-6-13(7-9-15)18-12-29-21(23-18)24-19(25)11-28-20(26)17-10-14-4-2-3-5-16(14)22-17/h2-10,12,22H,11H2,1H3,(H,23,24,25). The first-order valence-corrected chi connectivity index (χ1v) is 9.65. The second kappa shape index (κ2) is 8.15. The van der Waals surface area contributed by atoms with Crippen molar-refractivity contribution in [2.24, 2.45) is 0 Å². The number of nitrogens with one attached hydrogen (secondary N) is 2. The number of benzene rings is 2. The Morgan fingerprint density at radius 1 is 1.14 bits per heavy atom. The first kappa shape index (κ1) is 18.7. The third-order valence-corrected chi connectivity index (χ3v) is 4.98. The van der Waals surface area contributed by atoms with Crippen molar-refractivity contribution in [2.75, 3.05) is 19.0 Å². The molecule has 0 aliphatic rings. The number of hydrogen-bond acceptors (Lipinski definition) is 6. The molecule has 146 valence electrons. The van der Waals surface area contributed by atoms with Gasteiger partial charge in [-0.1, -0.05) is 18.2 Å². The molecule has 0 fully saturated rings. The molecule has 8 heteroatoms. The predicted molar refractivity (Wildman–Crippen MR) is 111 cm³/mol. The number of carbonyl (C=O) groups excluding carboxylic acids is 2. The second-order valence-corrected chi connectivity index (χ2v) is 7.02. The van der Waals surface area contributed by atoms with Gasteiger partial charge in [0.2, 0.25) is 0 Å². The van der Waals surface area contributed by atoms with Crippen molar-refractivity contribution in [3.8, 4) is 17.0 Å². The van der Waals surface area contributed by atoms with Gasteiger partial charge in [-0.15, -0.1) is 11.3 Å². The van der Waals surface area contributed by atoms with Gasteiger partial charge >= 0.3 is 5.97 Å². The summed E-state index contributed by atoms with van der Waals surface area (Å²) in [6.45, 7) is -0.397. The molecule has 0 atom stereocenters. The van der Waals surface area contributed by atoms with Gasteiger partial charge in [0.1, 0.15) is 11.4 Å². The fourth-order valence-corrected chi connectivity index (χ4v) is 3.51. The number of esters is 1. The van der Waals surface area contributed by atoms with Crippen LogP contribution >= 0.6 is 11.3 Å². The van der Waals surface area contributed by atoms with Gasteiger partial charge in [0, 0.05) is 21.8 Å². The second-order valence-electron chi connectivity index (χ2n) is 6.16. The number of fused-ring (bicyclic) bond motifs is 1. The van der Waals surface area contributed by atoms with Gasteiger partial charge in [0.25, 0.3) is 5.91 Å². The lowest BCUT2D eigenvalue weighted by atomic mass is 10.2. The summed E-state index contributed by atoms with van der Waals surface area (Å²) in [6.07, 6.45) is 0. The minimum atomic E-state index is -0.589. The van der Waals surface area contributed by atoms with E-state index in [0.29, 0.717) is 10.8 Å². The van der Waals surface area contributed by atoms with Crippen LogP contribution in [0.2, 0.25) is 0 Å². The maximum absolute atomic E-state index is 12.2. The highest BCUT2D eigenvalue weighted by Gasteiger charge is 2.14. The van der Waals surface area contributed by atoms with E-state index in [2.05, 4.69) is 15.3 Å². The number of hydrogen-bond donors (Lipinski definition) is 2. The van der Waals surface area contributed by atoms with E-state index >= 15 is 0 Å². The molecule has 0 radical (unpaired) electrons. The van der Waals surface area contributed by atoms with Gasteiger partial charge in [-0.05, 0) is 36.4 Å². The zero-order valence-electron chi connectivity index (χ0n) is 15.5. The summed E-state index contributed by atoms with van der Waals surface area (Å²) >= 11 is 1.30. The number of aromatic amines is 1. The summed E-state index contributed by atoms with van der Waals surface area (Å²) in [5, 5.41) is 5.82. The van der Waals surface area contributed by atoms with Crippen LogP contribution in [-0.2, 0) is 9.53 Å². The zero-order chi connectivity index (χ0) is 20.2. The molecule has 2 N–H and O–H groups in total. The van der Waals surface area contributed by atoms with Crippen LogP contribution in [0.3, 0.4) is 0 Å². The predicted octanol–water partition coefficient (Wildman–Crippen LogP) is 4.10. The number of ether oxygens (including phenoxy) is 2. The summed E-state index contributed by atoms with van der Waals surface area (Å²) < 4.78 is 10.2. The van der Waals surface area contributed by atoms with Gasteiger partial charge < -0.3 is 14.5 Å². The lowest BCUT2D eigenvalue weighted by Gasteiger charge is -2.03. The highest BCUT2D eigenvalue weighted by Crippen LogP contribution is 2.26. The van der Waals surface area contributed by atoms with Gasteiger partial charge in [-0.25, -0.2) is 9.78 Å². The number of nitrogens with zero attached hydrogens (tertiary/aromatic N) is 1. The number of methoxy groups -OCH3 is 1. The molecule has 4 aromatic rings. The molecule has 0 unspecified atom stereocenters. The van der Waals surface area contributed by atoms with Crippen LogP contribution in [0.5, 0.6) is 5.75 Å². The van der Waals surface area contributed by atoms with Crippen LogP contribution in [0.15, 0.2) is 60.0 Å². The van der Waals surface area contributed by atoms with Crippen LogP contribution in [0.1, 0.15) is 10.5 Å². The number of para-hydroxylation sites is 1. The largest absolute Gasteiger partial charge is 0.497 e. The lowest BCUT2D eigenvalue weighted by Crippen LogP contribution is -2.21. The van der Waals surface area contributed by atoms with Gasteiger partial charge in [-0.2, -0.15) is 0 Å². The topological polar surface area (TPSA) is 93.3 Å². The van der Waals surface area contributed by atoms with E-state index in [1.807, 2.05) is 53.9 Å². The first-order chi connectivity index (χ1) is 14.1. The van der Waals surface area contributed by atoms with E-state index in [4.69, 9.17) is 9.47 Å². The van der Waals surface area contributed by atoms with Crippen LogP contribution in [0, 0.1) is 0 Å². The maximum Gasteiger partial charge on any atom is 0.355 e. The number of aromatic nitrogens is 2. The quantitative estimate of drug-likeness (QED) is 0.470. The monoisotopic (exact) mass is 407 g/mol. The fourth-order valence-electron chi connectivity index (χ4n) is 2.77. The van der Waals surface area contributed by atoms with Crippen molar-refractivity contribution in [3.05, 3.63) is 65.7 Å². The summed E-state index contributed by atoms with van der Waals surface area (Å²) in [7, 11) is 1.61. The van der Waals surface area contributed by atoms with Crippen LogP contribution < -0.4 is 10.1 Å². The third-order valence-electron chi connectivity index (χ3n) is 4.22. The highest BCUT2D eigenvalue weighted by atomic mass is 32.1. The Bertz CT molecular complexity index is 1130. The van der Waals surface area contributed by atoms with Crippen molar-refractivity contribution in [1.82, 2.24) is 9.97 Å². The highest BCUT2D eigenvalue weighted by molar-refractivity contribution is 7.14. The van der Waals surface area contributed by atoms with Crippen LogP contribution in [0.4, 0.5) is 5.13 Å². The lowest BCUT2D eigenvalue weighted by molar-refractivity contribution is -0.119. The third kappa shape index (κ3) is 4.27. The summed E-state index contributed by atoms with van der Waals surface area (Å²) in [6, 6.07) is 16.7. The number of carbonyl (C=O) groups is 2. The molecule has 2 aromatic carbocycles. The average molecular weight is 407 g/mol. The Hall–Kier alpha value is -3.65. The van der Waals surface area contributed by atoms with Crippen molar-refractivity contribution in [1.29, 1.82) is 0 Å². The molecular weight excluding hydrogens is 390 g/mol. The SMILES string of the molecule is COc1ccc(-c2csc(NC(=O)COC(=O)c3cc4ccccc4[nH]3)n2)cc1. The van der Waals surface area contributed by atoms with Crippen LogP contribution in [0.25, 0.3) is 22.2 Å². The molecule has 1 amide bonds. The molecule has 29 heavy (non-hydrogen) atoms. The van der Waals surface area contributed by atoms with Gasteiger partial charge in [0.15, 0.2) is 11.7 Å². The maximum atomic E-state index is 12.2. The molecule has 0 aliphatic heterocycles. The molecule has 2 heterocycles. The molecule has 0 aliphatic carbocycles. The van der Waals surface area contributed by atoms with Crippen molar-refractivity contribution >= 4 is 39.2 Å². The van der Waals surface area contributed by atoms with E-state index in [1.165, 1.54) is 11.3 Å². The van der Waals surface area contributed by atoms with E-state index < -0.39 is 18.5 Å². The van der Waals surface area contributed by atoms with Gasteiger partial charge in [-0.3, -0.25) is 10.1 Å². The first-order valence-electron chi connectivity index (χ1n) is 8.77. The van der Waals surface area contributed by atoms with Crippen molar-refractivity contribution in [2.45, 2.75) is 0 Å². The molecule has 0 saturated carbocycles. The molecular formula is C21H17N3O4S. The van der Waals surface area contributed by atoms with E-state index in [1.54, 1.807) is 13.2 Å².